The molecule has 28 heavy (non-hydrogen) atoms. The molecule has 3 heterocycles. The average molecular weight is 384 g/mol. The van der Waals surface area contributed by atoms with Crippen LogP contribution in [0.3, 0.4) is 0 Å². The third-order valence-corrected chi connectivity index (χ3v) is 5.54. The number of piperidine rings is 1. The molecule has 0 bridgehead atoms. The van der Waals surface area contributed by atoms with E-state index in [-0.39, 0.29) is 18.0 Å². The summed E-state index contributed by atoms with van der Waals surface area (Å²) in [5, 5.41) is 11.2. The van der Waals surface area contributed by atoms with Crippen LogP contribution in [0.2, 0.25) is 0 Å². The van der Waals surface area contributed by atoms with Crippen LogP contribution in [0.4, 0.5) is 0 Å². The molecule has 150 valence electrons. The molecule has 0 radical (unpaired) electrons. The van der Waals surface area contributed by atoms with Crippen molar-refractivity contribution in [3.8, 4) is 11.5 Å². The molecule has 1 aromatic carbocycles. The molecular weight excluding hydrogens is 356 g/mol. The van der Waals surface area contributed by atoms with Crippen LogP contribution in [-0.2, 0) is 17.8 Å². The average Bonchev–Trinajstić information content (AvgIpc) is 3.36. The van der Waals surface area contributed by atoms with Gasteiger partial charge in [0.25, 0.3) is 0 Å². The van der Waals surface area contributed by atoms with E-state index in [4.69, 9.17) is 9.47 Å². The lowest BCUT2D eigenvalue weighted by Crippen LogP contribution is -2.50. The zero-order valence-corrected chi connectivity index (χ0v) is 16.5. The summed E-state index contributed by atoms with van der Waals surface area (Å²) < 4.78 is 12.7. The Kier molecular flexibility index (Phi) is 5.52. The van der Waals surface area contributed by atoms with Crippen molar-refractivity contribution in [1.82, 2.24) is 20.4 Å². The van der Waals surface area contributed by atoms with Crippen LogP contribution in [-0.4, -0.2) is 34.6 Å². The van der Waals surface area contributed by atoms with E-state index >= 15 is 0 Å². The molecule has 7 nitrogen and oxygen atoms in total. The molecule has 1 fully saturated rings. The van der Waals surface area contributed by atoms with Crippen LogP contribution in [0, 0.1) is 0 Å². The van der Waals surface area contributed by atoms with E-state index in [1.807, 2.05) is 23.1 Å². The lowest BCUT2D eigenvalue weighted by Gasteiger charge is -2.34. The summed E-state index contributed by atoms with van der Waals surface area (Å²) >= 11 is 0. The van der Waals surface area contributed by atoms with Crippen LogP contribution in [0.5, 0.6) is 11.5 Å². The molecule has 3 atom stereocenters. The van der Waals surface area contributed by atoms with E-state index in [9.17, 15) is 4.79 Å². The summed E-state index contributed by atoms with van der Waals surface area (Å²) in [6.07, 6.45) is 7.26. The first-order valence-electron chi connectivity index (χ1n) is 10.1. The molecule has 7 heteroatoms. The Hall–Kier alpha value is -2.54. The van der Waals surface area contributed by atoms with Crippen LogP contribution < -0.4 is 20.1 Å². The monoisotopic (exact) mass is 384 g/mol. The number of carbonyl (C=O) groups excluding carboxylic acids is 1. The van der Waals surface area contributed by atoms with Crippen LogP contribution in [0.15, 0.2) is 30.6 Å². The van der Waals surface area contributed by atoms with Crippen molar-refractivity contribution in [2.75, 3.05) is 6.79 Å². The summed E-state index contributed by atoms with van der Waals surface area (Å²) in [6, 6.07) is 6.65. The second-order valence-electron chi connectivity index (χ2n) is 7.61. The van der Waals surface area contributed by atoms with Gasteiger partial charge in [-0.15, -0.1) is 0 Å². The van der Waals surface area contributed by atoms with Gasteiger partial charge in [0, 0.05) is 36.8 Å². The molecule has 0 aliphatic carbocycles. The van der Waals surface area contributed by atoms with Crippen molar-refractivity contribution in [1.29, 1.82) is 0 Å². The Morgan fingerprint density at radius 3 is 3.04 bits per heavy atom. The summed E-state index contributed by atoms with van der Waals surface area (Å²) in [5.74, 6) is 1.77. The Morgan fingerprint density at radius 2 is 2.21 bits per heavy atom. The minimum absolute atomic E-state index is 0.0328. The van der Waals surface area contributed by atoms with Gasteiger partial charge in [0.15, 0.2) is 11.5 Å². The second kappa shape index (κ2) is 8.22. The highest BCUT2D eigenvalue weighted by atomic mass is 16.7. The number of ether oxygens (including phenoxy) is 2. The standard InChI is InChI=1S/C21H28N4O3/c1-3-25-12-16(11-22-25)21-17(7-9-20(26)24-21)23-14(2)4-5-15-6-8-18-19(10-15)28-13-27-18/h6,8,10-12,14,17,21,23H,3-5,7,9,13H2,1-2H3,(H,24,26)/t14?,17-,21+/m1/s1. The van der Waals surface area contributed by atoms with Gasteiger partial charge >= 0.3 is 0 Å². The molecule has 1 saturated heterocycles. The third kappa shape index (κ3) is 4.14. The molecule has 2 aliphatic heterocycles. The Balaban J connectivity index is 1.36. The molecule has 1 amide bonds. The van der Waals surface area contributed by atoms with E-state index in [1.54, 1.807) is 0 Å². The Morgan fingerprint density at radius 1 is 1.36 bits per heavy atom. The molecule has 4 rings (SSSR count). The number of aryl methyl sites for hydroxylation is 2. The number of nitrogens with zero attached hydrogens (tertiary/aromatic N) is 2. The van der Waals surface area contributed by atoms with Crippen molar-refractivity contribution in [2.45, 2.75) is 64.2 Å². The number of hydrogen-bond acceptors (Lipinski definition) is 5. The topological polar surface area (TPSA) is 77.4 Å². The smallest absolute Gasteiger partial charge is 0.231 e. The lowest BCUT2D eigenvalue weighted by atomic mass is 9.92. The minimum atomic E-state index is -0.0328. The SMILES string of the molecule is CCn1cc([C@@H]2NC(=O)CC[C@H]2NC(C)CCc2ccc3c(c2)OCO3)cn1. The van der Waals surface area contributed by atoms with Crippen LogP contribution in [0.25, 0.3) is 0 Å². The molecule has 1 aromatic heterocycles. The van der Waals surface area contributed by atoms with Gasteiger partial charge in [-0.3, -0.25) is 9.48 Å². The van der Waals surface area contributed by atoms with Gasteiger partial charge in [-0.1, -0.05) is 6.07 Å². The Labute approximate surface area is 165 Å². The summed E-state index contributed by atoms with van der Waals surface area (Å²) in [5.41, 5.74) is 2.31. The van der Waals surface area contributed by atoms with E-state index < -0.39 is 0 Å². The fraction of sp³-hybridized carbons (Fsp3) is 0.524. The zero-order valence-electron chi connectivity index (χ0n) is 16.5. The fourth-order valence-electron chi connectivity index (χ4n) is 3.94. The van der Waals surface area contributed by atoms with Gasteiger partial charge in [0.05, 0.1) is 12.2 Å². The van der Waals surface area contributed by atoms with Crippen LogP contribution >= 0.6 is 0 Å². The molecule has 1 unspecified atom stereocenters. The maximum absolute atomic E-state index is 12.0. The van der Waals surface area contributed by atoms with Gasteiger partial charge in [-0.25, -0.2) is 0 Å². The summed E-state index contributed by atoms with van der Waals surface area (Å²) in [7, 11) is 0. The van der Waals surface area contributed by atoms with E-state index in [0.29, 0.717) is 19.3 Å². The molecule has 2 aromatic rings. The molecule has 2 N–H and O–H groups in total. The fourth-order valence-corrected chi connectivity index (χ4v) is 3.94. The number of amides is 1. The minimum Gasteiger partial charge on any atom is -0.454 e. The predicted molar refractivity (Wildman–Crippen MR) is 105 cm³/mol. The highest BCUT2D eigenvalue weighted by Crippen LogP contribution is 2.33. The maximum atomic E-state index is 12.0. The number of rotatable bonds is 7. The number of benzene rings is 1. The second-order valence-corrected chi connectivity index (χ2v) is 7.61. The maximum Gasteiger partial charge on any atom is 0.231 e. The lowest BCUT2D eigenvalue weighted by molar-refractivity contribution is -0.124. The molecule has 2 aliphatic rings. The van der Waals surface area contributed by atoms with E-state index in [0.717, 1.165) is 42.9 Å². The molecular formula is C21H28N4O3. The highest BCUT2D eigenvalue weighted by Gasteiger charge is 2.31. The first kappa shape index (κ1) is 18.8. The first-order chi connectivity index (χ1) is 13.6. The van der Waals surface area contributed by atoms with Crippen molar-refractivity contribution < 1.29 is 14.3 Å². The number of hydrogen-bond donors (Lipinski definition) is 2. The van der Waals surface area contributed by atoms with Crippen LogP contribution in [0.1, 0.15) is 50.3 Å². The van der Waals surface area contributed by atoms with Crippen molar-refractivity contribution in [3.05, 3.63) is 41.7 Å². The van der Waals surface area contributed by atoms with Crippen molar-refractivity contribution in [2.24, 2.45) is 0 Å². The largest absolute Gasteiger partial charge is 0.454 e. The van der Waals surface area contributed by atoms with E-state index in [2.05, 4.69) is 41.7 Å². The molecule has 0 saturated carbocycles. The van der Waals surface area contributed by atoms with Gasteiger partial charge < -0.3 is 20.1 Å². The number of aromatic nitrogens is 2. The highest BCUT2D eigenvalue weighted by molar-refractivity contribution is 5.77. The predicted octanol–water partition coefficient (Wildman–Crippen LogP) is 2.56. The number of carbonyl (C=O) groups is 1. The van der Waals surface area contributed by atoms with E-state index in [1.165, 1.54) is 5.56 Å². The number of fused-ring (bicyclic) bond motifs is 1. The normalized spacial score (nSPS) is 22.1. The number of nitrogens with one attached hydrogen (secondary N) is 2. The quantitative estimate of drug-likeness (QED) is 0.767. The molecule has 0 spiro atoms. The Bertz CT molecular complexity index is 835. The van der Waals surface area contributed by atoms with Crippen molar-refractivity contribution >= 4 is 5.91 Å². The summed E-state index contributed by atoms with van der Waals surface area (Å²) in [6.45, 7) is 5.39. The van der Waals surface area contributed by atoms with Gasteiger partial charge in [-0.05, 0) is 50.8 Å². The van der Waals surface area contributed by atoms with Gasteiger partial charge in [-0.2, -0.15) is 5.10 Å². The first-order valence-corrected chi connectivity index (χ1v) is 10.1. The van der Waals surface area contributed by atoms with Crippen molar-refractivity contribution in [3.63, 3.8) is 0 Å². The van der Waals surface area contributed by atoms with Gasteiger partial charge in [0.2, 0.25) is 12.7 Å². The zero-order chi connectivity index (χ0) is 19.5. The van der Waals surface area contributed by atoms with Gasteiger partial charge in [0.1, 0.15) is 0 Å². The summed E-state index contributed by atoms with van der Waals surface area (Å²) in [4.78, 5) is 12.0. The third-order valence-electron chi connectivity index (χ3n) is 5.54.